The van der Waals surface area contributed by atoms with Crippen LogP contribution in [0.1, 0.15) is 18.1 Å². The molecule has 3 heterocycles. The number of carbonyl (C=O) groups is 1. The largest absolute Gasteiger partial charge is 0.481 e. The van der Waals surface area contributed by atoms with Crippen molar-refractivity contribution in [3.8, 4) is 17.3 Å². The fourth-order valence-corrected chi connectivity index (χ4v) is 3.60. The monoisotopic (exact) mass is 368 g/mol. The molecule has 4 rings (SSSR count). The zero-order chi connectivity index (χ0) is 18.5. The van der Waals surface area contributed by atoms with Crippen molar-refractivity contribution in [2.45, 2.75) is 12.3 Å². The average Bonchev–Trinajstić information content (AvgIpc) is 3.16. The van der Waals surface area contributed by atoms with E-state index in [0.717, 1.165) is 17.0 Å². The Morgan fingerprint density at radius 2 is 2.04 bits per heavy atom. The summed E-state index contributed by atoms with van der Waals surface area (Å²) in [6.07, 6.45) is 5.28. The molecule has 1 aliphatic heterocycles. The Labute approximate surface area is 155 Å². The number of carbonyl (C=O) groups excluding carboxylic acids is 1. The summed E-state index contributed by atoms with van der Waals surface area (Å²) < 4.78 is 7.37. The van der Waals surface area contributed by atoms with Crippen molar-refractivity contribution in [1.82, 2.24) is 14.5 Å². The predicted octanol–water partition coefficient (Wildman–Crippen LogP) is 3.40. The minimum atomic E-state index is -0.945. The highest BCUT2D eigenvalue weighted by Crippen LogP contribution is 2.46. The summed E-state index contributed by atoms with van der Waals surface area (Å²) in [4.78, 5) is 21.7. The normalized spacial score (nSPS) is 18.5. The van der Waals surface area contributed by atoms with Gasteiger partial charge in [-0.1, -0.05) is 17.7 Å². The minimum Gasteiger partial charge on any atom is -0.481 e. The first-order valence-corrected chi connectivity index (χ1v) is 8.46. The molecule has 3 aromatic rings. The number of aryl methyl sites for hydroxylation is 1. The Bertz CT molecular complexity index is 1030. The number of aromatic nitrogens is 3. The number of imidazole rings is 1. The molecule has 0 aliphatic carbocycles. The van der Waals surface area contributed by atoms with E-state index in [1.807, 2.05) is 36.9 Å². The standard InChI is InChI=1S/C19H17ClN4O2/c1-19(13-5-4-12(20)9-15(13)23-18(19)25)14-8-11(10-22-17(14)26-3)16-21-6-7-24(16)2/h4-10H,1-3H3,(H,23,25). The second kappa shape index (κ2) is 5.85. The number of hydrogen-bond donors (Lipinski definition) is 1. The zero-order valence-corrected chi connectivity index (χ0v) is 15.3. The number of hydrogen-bond acceptors (Lipinski definition) is 4. The third-order valence-corrected chi connectivity index (χ3v) is 5.12. The topological polar surface area (TPSA) is 69.0 Å². The molecule has 26 heavy (non-hydrogen) atoms. The molecular formula is C19H17ClN4O2. The van der Waals surface area contributed by atoms with Gasteiger partial charge in [-0.2, -0.15) is 0 Å². The zero-order valence-electron chi connectivity index (χ0n) is 14.6. The number of nitrogens with one attached hydrogen (secondary N) is 1. The number of nitrogens with zero attached hydrogens (tertiary/aromatic N) is 3. The van der Waals surface area contributed by atoms with Gasteiger partial charge in [-0.25, -0.2) is 9.97 Å². The molecule has 1 aromatic carbocycles. The second-order valence-corrected chi connectivity index (χ2v) is 6.85. The van der Waals surface area contributed by atoms with Crippen LogP contribution in [0.2, 0.25) is 5.02 Å². The second-order valence-electron chi connectivity index (χ2n) is 6.41. The molecular weight excluding hydrogens is 352 g/mol. The van der Waals surface area contributed by atoms with Crippen molar-refractivity contribution < 1.29 is 9.53 Å². The van der Waals surface area contributed by atoms with Gasteiger partial charge in [-0.3, -0.25) is 4.79 Å². The summed E-state index contributed by atoms with van der Waals surface area (Å²) in [5, 5.41) is 3.49. The molecule has 0 fully saturated rings. The van der Waals surface area contributed by atoms with Gasteiger partial charge in [0.2, 0.25) is 11.8 Å². The number of methoxy groups -OCH3 is 1. The van der Waals surface area contributed by atoms with Gasteiger partial charge in [0, 0.05) is 47.5 Å². The summed E-state index contributed by atoms with van der Waals surface area (Å²) in [5.74, 6) is 1.02. The quantitative estimate of drug-likeness (QED) is 0.769. The maximum atomic E-state index is 12.9. The van der Waals surface area contributed by atoms with Crippen molar-refractivity contribution in [1.29, 1.82) is 0 Å². The van der Waals surface area contributed by atoms with E-state index in [1.54, 1.807) is 31.6 Å². The van der Waals surface area contributed by atoms with Crippen LogP contribution in [0.15, 0.2) is 42.9 Å². The van der Waals surface area contributed by atoms with Gasteiger partial charge in [0.1, 0.15) is 11.2 Å². The molecule has 1 unspecified atom stereocenters. The van der Waals surface area contributed by atoms with E-state index >= 15 is 0 Å². The number of ether oxygens (including phenoxy) is 1. The summed E-state index contributed by atoms with van der Waals surface area (Å²) in [6, 6.07) is 7.31. The molecule has 0 radical (unpaired) electrons. The molecule has 2 aromatic heterocycles. The smallest absolute Gasteiger partial charge is 0.239 e. The fourth-order valence-electron chi connectivity index (χ4n) is 3.43. The Hall–Kier alpha value is -2.86. The number of rotatable bonds is 3. The SMILES string of the molecule is COc1ncc(-c2nccn2C)cc1C1(C)C(=O)Nc2cc(Cl)ccc21. The minimum absolute atomic E-state index is 0.146. The van der Waals surface area contributed by atoms with E-state index in [2.05, 4.69) is 15.3 Å². The van der Waals surface area contributed by atoms with E-state index in [9.17, 15) is 4.79 Å². The van der Waals surface area contributed by atoms with Crippen molar-refractivity contribution in [3.05, 3.63) is 59.0 Å². The maximum Gasteiger partial charge on any atom is 0.239 e. The lowest BCUT2D eigenvalue weighted by Gasteiger charge is -2.25. The number of anilines is 1. The molecule has 132 valence electrons. The number of pyridine rings is 1. The molecule has 0 saturated heterocycles. The van der Waals surface area contributed by atoms with Crippen LogP contribution >= 0.6 is 11.6 Å². The van der Waals surface area contributed by atoms with Gasteiger partial charge in [0.05, 0.1) is 7.11 Å². The van der Waals surface area contributed by atoms with Gasteiger partial charge < -0.3 is 14.6 Å². The van der Waals surface area contributed by atoms with Crippen molar-refractivity contribution in [2.75, 3.05) is 12.4 Å². The molecule has 0 saturated carbocycles. The van der Waals surface area contributed by atoms with E-state index < -0.39 is 5.41 Å². The molecule has 1 N–H and O–H groups in total. The highest BCUT2D eigenvalue weighted by Gasteiger charge is 2.46. The molecule has 7 heteroatoms. The number of benzene rings is 1. The highest BCUT2D eigenvalue weighted by atomic mass is 35.5. The third-order valence-electron chi connectivity index (χ3n) is 4.89. The summed E-state index contributed by atoms with van der Waals surface area (Å²) in [7, 11) is 3.46. The molecule has 6 nitrogen and oxygen atoms in total. The first-order chi connectivity index (χ1) is 12.4. The Morgan fingerprint density at radius 1 is 1.23 bits per heavy atom. The van der Waals surface area contributed by atoms with Crippen LogP contribution in [0, 0.1) is 0 Å². The van der Waals surface area contributed by atoms with Gasteiger partial charge in [0.15, 0.2) is 0 Å². The Kier molecular flexibility index (Phi) is 3.73. The molecule has 1 aliphatic rings. The van der Waals surface area contributed by atoms with Gasteiger partial charge in [-0.15, -0.1) is 0 Å². The summed E-state index contributed by atoms with van der Waals surface area (Å²) in [5.41, 5.74) is 2.08. The van der Waals surface area contributed by atoms with Crippen LogP contribution in [0.5, 0.6) is 5.88 Å². The van der Waals surface area contributed by atoms with Crippen LogP contribution in [0.4, 0.5) is 5.69 Å². The lowest BCUT2D eigenvalue weighted by atomic mass is 9.77. The van der Waals surface area contributed by atoms with Gasteiger partial charge >= 0.3 is 0 Å². The molecule has 0 bridgehead atoms. The number of fused-ring (bicyclic) bond motifs is 1. The fraction of sp³-hybridized carbons (Fsp3) is 0.211. The van der Waals surface area contributed by atoms with Crippen LogP contribution in [0.25, 0.3) is 11.4 Å². The van der Waals surface area contributed by atoms with Crippen LogP contribution in [0.3, 0.4) is 0 Å². The third kappa shape index (κ3) is 2.29. The van der Waals surface area contributed by atoms with E-state index in [0.29, 0.717) is 22.2 Å². The van der Waals surface area contributed by atoms with Crippen molar-refractivity contribution >= 4 is 23.2 Å². The number of amides is 1. The van der Waals surface area contributed by atoms with E-state index in [-0.39, 0.29) is 5.91 Å². The number of halogens is 1. The molecule has 1 amide bonds. The maximum absolute atomic E-state index is 12.9. The van der Waals surface area contributed by atoms with Crippen LogP contribution in [-0.4, -0.2) is 27.6 Å². The first-order valence-electron chi connectivity index (χ1n) is 8.09. The van der Waals surface area contributed by atoms with E-state index in [1.165, 1.54) is 0 Å². The summed E-state index contributed by atoms with van der Waals surface area (Å²) in [6.45, 7) is 1.86. The Balaban J connectivity index is 1.95. The van der Waals surface area contributed by atoms with Gasteiger partial charge in [-0.05, 0) is 30.7 Å². The van der Waals surface area contributed by atoms with E-state index in [4.69, 9.17) is 16.3 Å². The predicted molar refractivity (Wildman–Crippen MR) is 99.5 cm³/mol. The van der Waals surface area contributed by atoms with Crippen LogP contribution < -0.4 is 10.1 Å². The Morgan fingerprint density at radius 3 is 2.73 bits per heavy atom. The highest BCUT2D eigenvalue weighted by molar-refractivity contribution is 6.31. The summed E-state index contributed by atoms with van der Waals surface area (Å²) >= 11 is 6.08. The lowest BCUT2D eigenvalue weighted by Crippen LogP contribution is -2.33. The molecule has 0 spiro atoms. The van der Waals surface area contributed by atoms with Crippen molar-refractivity contribution in [3.63, 3.8) is 0 Å². The average molecular weight is 369 g/mol. The van der Waals surface area contributed by atoms with Gasteiger partial charge in [0.25, 0.3) is 0 Å². The lowest BCUT2D eigenvalue weighted by molar-refractivity contribution is -0.119. The first kappa shape index (κ1) is 16.6. The van der Waals surface area contributed by atoms with Crippen molar-refractivity contribution in [2.24, 2.45) is 7.05 Å². The molecule has 1 atom stereocenters. The van der Waals surface area contributed by atoms with Crippen LogP contribution in [-0.2, 0) is 17.3 Å².